The van der Waals surface area contributed by atoms with E-state index in [-0.39, 0.29) is 17.2 Å². The number of hydrogen-bond donors (Lipinski definition) is 3. The Balaban J connectivity index is 1.91. The Bertz CT molecular complexity index is 839. The van der Waals surface area contributed by atoms with E-state index < -0.39 is 5.97 Å². The van der Waals surface area contributed by atoms with Crippen molar-refractivity contribution in [1.82, 2.24) is 10.2 Å². The maximum atomic E-state index is 12.2. The molecule has 104 valence electrons. The molecule has 0 atom stereocenters. The Morgan fingerprint density at radius 3 is 2.76 bits per heavy atom. The number of carboxylic acid groups (broad SMARTS) is 1. The molecule has 0 unspecified atom stereocenters. The number of hydrogen-bond acceptors (Lipinski definition) is 3. The zero-order valence-corrected chi connectivity index (χ0v) is 10.8. The number of fused-ring (bicyclic) bond motifs is 1. The highest BCUT2D eigenvalue weighted by atomic mass is 16.4. The van der Waals surface area contributed by atoms with E-state index in [1.807, 2.05) is 0 Å². The van der Waals surface area contributed by atoms with Gasteiger partial charge < -0.3 is 10.4 Å². The Kier molecular flexibility index (Phi) is 3.12. The Morgan fingerprint density at radius 1 is 1.14 bits per heavy atom. The van der Waals surface area contributed by atoms with E-state index in [4.69, 9.17) is 5.11 Å². The van der Waals surface area contributed by atoms with E-state index in [1.54, 1.807) is 42.6 Å². The number of rotatable bonds is 3. The van der Waals surface area contributed by atoms with Crippen molar-refractivity contribution < 1.29 is 14.7 Å². The first-order valence-corrected chi connectivity index (χ1v) is 6.22. The lowest BCUT2D eigenvalue weighted by atomic mass is 10.1. The molecular formula is C15H11N3O3. The first-order valence-electron chi connectivity index (χ1n) is 6.22. The monoisotopic (exact) mass is 281 g/mol. The van der Waals surface area contributed by atoms with Gasteiger partial charge in [0.1, 0.15) is 0 Å². The number of para-hydroxylation sites is 1. The van der Waals surface area contributed by atoms with Gasteiger partial charge in [-0.15, -0.1) is 0 Å². The molecule has 0 bridgehead atoms. The van der Waals surface area contributed by atoms with Gasteiger partial charge in [0.2, 0.25) is 0 Å². The van der Waals surface area contributed by atoms with Crippen molar-refractivity contribution in [2.75, 3.05) is 5.32 Å². The molecule has 0 aliphatic rings. The fourth-order valence-corrected chi connectivity index (χ4v) is 2.05. The van der Waals surface area contributed by atoms with E-state index in [2.05, 4.69) is 15.5 Å². The molecule has 0 saturated carbocycles. The highest BCUT2D eigenvalue weighted by molar-refractivity contribution is 6.08. The van der Waals surface area contributed by atoms with Gasteiger partial charge >= 0.3 is 5.97 Å². The normalized spacial score (nSPS) is 10.5. The zero-order valence-electron chi connectivity index (χ0n) is 10.8. The SMILES string of the molecule is O=C(Nc1ccccc1C(=O)O)c1ccc2cn[nH]c2c1. The smallest absolute Gasteiger partial charge is 0.337 e. The van der Waals surface area contributed by atoms with Crippen LogP contribution in [-0.2, 0) is 0 Å². The van der Waals surface area contributed by atoms with Crippen LogP contribution in [0.2, 0.25) is 0 Å². The highest BCUT2D eigenvalue weighted by Crippen LogP contribution is 2.18. The molecule has 3 N–H and O–H groups in total. The van der Waals surface area contributed by atoms with Crippen LogP contribution in [0.25, 0.3) is 10.9 Å². The molecule has 0 aliphatic carbocycles. The molecule has 0 radical (unpaired) electrons. The largest absolute Gasteiger partial charge is 0.478 e. The fraction of sp³-hybridized carbons (Fsp3) is 0. The second-order valence-electron chi connectivity index (χ2n) is 4.48. The third-order valence-corrected chi connectivity index (χ3v) is 3.11. The molecule has 2 aromatic carbocycles. The van der Waals surface area contributed by atoms with Gasteiger partial charge in [-0.05, 0) is 24.3 Å². The molecular weight excluding hydrogens is 270 g/mol. The maximum absolute atomic E-state index is 12.2. The summed E-state index contributed by atoms with van der Waals surface area (Å²) in [6, 6.07) is 11.4. The number of H-pyrrole nitrogens is 1. The van der Waals surface area contributed by atoms with Gasteiger partial charge in [-0.2, -0.15) is 5.10 Å². The van der Waals surface area contributed by atoms with Crippen LogP contribution in [-0.4, -0.2) is 27.2 Å². The van der Waals surface area contributed by atoms with Gasteiger partial charge in [-0.25, -0.2) is 4.79 Å². The van der Waals surface area contributed by atoms with Crippen LogP contribution in [0.3, 0.4) is 0 Å². The summed E-state index contributed by atoms with van der Waals surface area (Å²) in [5.74, 6) is -1.46. The quantitative estimate of drug-likeness (QED) is 0.687. The predicted molar refractivity (Wildman–Crippen MR) is 77.4 cm³/mol. The standard InChI is InChI=1S/C15H11N3O3/c19-14(9-5-6-10-8-16-18-13(10)7-9)17-12-4-2-1-3-11(12)15(20)21/h1-8H,(H,16,18)(H,17,19)(H,20,21). The predicted octanol–water partition coefficient (Wildman–Crippen LogP) is 2.51. The Hall–Kier alpha value is -3.15. The van der Waals surface area contributed by atoms with Crippen LogP contribution in [0.4, 0.5) is 5.69 Å². The van der Waals surface area contributed by atoms with Crippen LogP contribution >= 0.6 is 0 Å². The topological polar surface area (TPSA) is 95.1 Å². The van der Waals surface area contributed by atoms with Gasteiger partial charge in [0.15, 0.2) is 0 Å². The van der Waals surface area contributed by atoms with E-state index in [9.17, 15) is 9.59 Å². The van der Waals surface area contributed by atoms with Crippen molar-refractivity contribution in [2.45, 2.75) is 0 Å². The fourth-order valence-electron chi connectivity index (χ4n) is 2.05. The van der Waals surface area contributed by atoms with Crippen LogP contribution in [0.1, 0.15) is 20.7 Å². The maximum Gasteiger partial charge on any atom is 0.337 e. The molecule has 6 heteroatoms. The first kappa shape index (κ1) is 12.9. The van der Waals surface area contributed by atoms with Crippen LogP contribution in [0.5, 0.6) is 0 Å². The summed E-state index contributed by atoms with van der Waals surface area (Å²) in [6.07, 6.45) is 1.66. The van der Waals surface area contributed by atoms with Crippen molar-refractivity contribution in [3.05, 3.63) is 59.8 Å². The molecule has 21 heavy (non-hydrogen) atoms. The molecule has 1 amide bonds. The molecule has 1 aromatic heterocycles. The Labute approximate surface area is 119 Å². The number of carboxylic acids is 1. The van der Waals surface area contributed by atoms with Gasteiger partial charge in [0.05, 0.1) is 23.0 Å². The van der Waals surface area contributed by atoms with Gasteiger partial charge in [-0.1, -0.05) is 18.2 Å². The summed E-state index contributed by atoms with van der Waals surface area (Å²) in [4.78, 5) is 23.3. The number of nitrogens with one attached hydrogen (secondary N) is 2. The number of carbonyl (C=O) groups is 2. The summed E-state index contributed by atoms with van der Waals surface area (Å²) in [6.45, 7) is 0. The molecule has 6 nitrogen and oxygen atoms in total. The van der Waals surface area contributed by atoms with Crippen molar-refractivity contribution in [2.24, 2.45) is 0 Å². The summed E-state index contributed by atoms with van der Waals surface area (Å²) in [5.41, 5.74) is 1.48. The lowest BCUT2D eigenvalue weighted by molar-refractivity contribution is 0.0698. The number of carbonyl (C=O) groups excluding carboxylic acids is 1. The summed E-state index contributed by atoms with van der Waals surface area (Å²) >= 11 is 0. The molecule has 0 aliphatic heterocycles. The lowest BCUT2D eigenvalue weighted by Crippen LogP contribution is -2.14. The van der Waals surface area contributed by atoms with E-state index in [0.29, 0.717) is 5.56 Å². The molecule has 1 heterocycles. The number of amides is 1. The van der Waals surface area contributed by atoms with Crippen LogP contribution in [0.15, 0.2) is 48.7 Å². The average Bonchev–Trinajstić information content (AvgIpc) is 2.94. The van der Waals surface area contributed by atoms with Crippen LogP contribution in [0, 0.1) is 0 Å². The second kappa shape index (κ2) is 5.09. The minimum atomic E-state index is -1.09. The van der Waals surface area contributed by atoms with Gasteiger partial charge in [0.25, 0.3) is 5.91 Å². The summed E-state index contributed by atoms with van der Waals surface area (Å²) < 4.78 is 0. The summed E-state index contributed by atoms with van der Waals surface area (Å²) in [5, 5.41) is 19.3. The first-order chi connectivity index (χ1) is 10.1. The van der Waals surface area contributed by atoms with E-state index in [1.165, 1.54) is 6.07 Å². The molecule has 3 rings (SSSR count). The minimum absolute atomic E-state index is 0.0495. The summed E-state index contributed by atoms with van der Waals surface area (Å²) in [7, 11) is 0. The van der Waals surface area contributed by atoms with E-state index in [0.717, 1.165) is 10.9 Å². The van der Waals surface area contributed by atoms with E-state index >= 15 is 0 Å². The van der Waals surface area contributed by atoms with Gasteiger partial charge in [-0.3, -0.25) is 9.89 Å². The number of nitrogens with zero attached hydrogens (tertiary/aromatic N) is 1. The lowest BCUT2D eigenvalue weighted by Gasteiger charge is -2.08. The zero-order chi connectivity index (χ0) is 14.8. The number of aromatic carboxylic acids is 1. The molecule has 0 fully saturated rings. The molecule has 0 spiro atoms. The average molecular weight is 281 g/mol. The van der Waals surface area contributed by atoms with Gasteiger partial charge in [0, 0.05) is 10.9 Å². The van der Waals surface area contributed by atoms with Crippen molar-refractivity contribution in [1.29, 1.82) is 0 Å². The minimum Gasteiger partial charge on any atom is -0.478 e. The molecule has 0 saturated heterocycles. The second-order valence-corrected chi connectivity index (χ2v) is 4.48. The van der Waals surface area contributed by atoms with Crippen molar-refractivity contribution in [3.8, 4) is 0 Å². The molecule has 3 aromatic rings. The number of anilines is 1. The third kappa shape index (κ3) is 2.46. The number of aromatic amines is 1. The van der Waals surface area contributed by atoms with Crippen molar-refractivity contribution >= 4 is 28.5 Å². The number of aromatic nitrogens is 2. The third-order valence-electron chi connectivity index (χ3n) is 3.11. The Morgan fingerprint density at radius 2 is 1.95 bits per heavy atom. The van der Waals surface area contributed by atoms with Crippen LogP contribution < -0.4 is 5.32 Å². The number of benzene rings is 2. The highest BCUT2D eigenvalue weighted by Gasteiger charge is 2.13. The van der Waals surface area contributed by atoms with Crippen molar-refractivity contribution in [3.63, 3.8) is 0 Å².